The normalized spacial score (nSPS) is 11.8. The third kappa shape index (κ3) is 13.9. The first-order chi connectivity index (χ1) is 28.1. The summed E-state index contributed by atoms with van der Waals surface area (Å²) in [6, 6.07) is 20.2. The molecule has 0 fully saturated rings. The molecule has 12 heteroatoms. The Morgan fingerprint density at radius 2 is 1.39 bits per heavy atom. The predicted octanol–water partition coefficient (Wildman–Crippen LogP) is 7.00. The van der Waals surface area contributed by atoms with Crippen molar-refractivity contribution in [3.63, 3.8) is 0 Å². The number of carbonyl (C=O) groups excluding carboxylic acids is 3. The van der Waals surface area contributed by atoms with Crippen molar-refractivity contribution in [2.24, 2.45) is 0 Å². The van der Waals surface area contributed by atoms with Crippen LogP contribution in [0.2, 0.25) is 0 Å². The lowest BCUT2D eigenvalue weighted by Gasteiger charge is -2.27. The molecule has 1 aliphatic carbocycles. The van der Waals surface area contributed by atoms with Gasteiger partial charge in [-0.15, -0.1) is 0 Å². The highest BCUT2D eigenvalue weighted by Crippen LogP contribution is 2.42. The molecular weight excluding hydrogens is 749 g/mol. The van der Waals surface area contributed by atoms with E-state index in [1.54, 1.807) is 4.90 Å². The number of anilines is 1. The van der Waals surface area contributed by atoms with Crippen LogP contribution in [0.15, 0.2) is 65.1 Å². The van der Waals surface area contributed by atoms with Crippen molar-refractivity contribution < 1.29 is 37.7 Å². The van der Waals surface area contributed by atoms with Crippen molar-refractivity contribution in [2.75, 3.05) is 83.8 Å². The van der Waals surface area contributed by atoms with Gasteiger partial charge in [-0.3, -0.25) is 14.4 Å². The molecule has 12 nitrogen and oxygen atoms in total. The number of benzene rings is 3. The maximum atomic E-state index is 14.7. The third-order valence-corrected chi connectivity index (χ3v) is 9.63. The molecule has 0 saturated carbocycles. The monoisotopic (exact) mass is 815 g/mol. The number of hydrogen-bond donors (Lipinski definition) is 1. The molecule has 2 amide bonds. The summed E-state index contributed by atoms with van der Waals surface area (Å²) < 4.78 is 31.3. The minimum atomic E-state index is -0.524. The Morgan fingerprint density at radius 3 is 2.02 bits per heavy atom. The van der Waals surface area contributed by atoms with Gasteiger partial charge in [0, 0.05) is 65.1 Å². The number of rotatable bonds is 21. The Balaban J connectivity index is 1.58. The number of hydrogen-bond acceptors (Lipinski definition) is 9. The molecule has 0 radical (unpaired) electrons. The average Bonchev–Trinajstić information content (AvgIpc) is 3.17. The SMILES string of the molecule is CCN(CC)c1ccc2c(-c3ccccc3C(=O)N(CCOCCOCCOCCC(=O)OC(C)(C)C)CC(=O)NC(C)(C)C)c3ccc(=[N+](CC)CC)cc-3oc2c1. The standard InChI is InChI=1S/C47H66N4O8/c1-11-49(12-2)34-19-21-38-40(31-34)58-41-32-35(50(13-3)14-4)20-22-39(41)44(38)36-17-15-16-18-37(36)45(54)51(33-42(52)48-46(5,6)7)24-26-56-28-30-57-29-27-55-25-23-43(53)59-47(8,9)10/h15-22,31-32H,11-14,23-30,33H2,1-10H3/p+1. The number of nitrogens with one attached hydrogen (secondary N) is 1. The van der Waals surface area contributed by atoms with Crippen LogP contribution in [-0.4, -0.2) is 113 Å². The van der Waals surface area contributed by atoms with Gasteiger partial charge in [0.1, 0.15) is 30.0 Å². The molecule has 2 aliphatic rings. The van der Waals surface area contributed by atoms with Crippen molar-refractivity contribution in [1.29, 1.82) is 0 Å². The van der Waals surface area contributed by atoms with Crippen molar-refractivity contribution in [1.82, 2.24) is 14.8 Å². The van der Waals surface area contributed by atoms with Crippen molar-refractivity contribution >= 4 is 34.4 Å². The molecule has 0 unspecified atom stereocenters. The van der Waals surface area contributed by atoms with E-state index in [9.17, 15) is 14.4 Å². The Kier molecular flexibility index (Phi) is 17.5. The van der Waals surface area contributed by atoms with E-state index >= 15 is 0 Å². The van der Waals surface area contributed by atoms with Gasteiger partial charge in [-0.25, -0.2) is 4.58 Å². The van der Waals surface area contributed by atoms with Gasteiger partial charge in [-0.1, -0.05) is 18.2 Å². The largest absolute Gasteiger partial charge is 0.460 e. The molecule has 0 spiro atoms. The minimum Gasteiger partial charge on any atom is -0.460 e. The van der Waals surface area contributed by atoms with Crippen molar-refractivity contribution in [2.45, 2.75) is 86.8 Å². The van der Waals surface area contributed by atoms with Crippen LogP contribution in [0.4, 0.5) is 5.69 Å². The van der Waals surface area contributed by atoms with Crippen LogP contribution in [0.25, 0.3) is 33.4 Å². The minimum absolute atomic E-state index is 0.142. The van der Waals surface area contributed by atoms with Gasteiger partial charge in [0.15, 0.2) is 0 Å². The summed E-state index contributed by atoms with van der Waals surface area (Å²) in [4.78, 5) is 43.8. The van der Waals surface area contributed by atoms with E-state index in [1.165, 1.54) is 0 Å². The Labute approximate surface area is 350 Å². The first-order valence-electron chi connectivity index (χ1n) is 21.1. The molecule has 0 saturated heterocycles. The first-order valence-corrected chi connectivity index (χ1v) is 21.1. The maximum Gasteiger partial charge on any atom is 0.308 e. The van der Waals surface area contributed by atoms with E-state index in [2.05, 4.69) is 78.9 Å². The fourth-order valence-electron chi connectivity index (χ4n) is 6.93. The molecule has 1 aliphatic heterocycles. The van der Waals surface area contributed by atoms with Crippen molar-refractivity contribution in [3.8, 4) is 22.5 Å². The molecule has 2 aromatic carbocycles. The van der Waals surface area contributed by atoms with Gasteiger partial charge < -0.3 is 38.5 Å². The molecule has 59 heavy (non-hydrogen) atoms. The molecule has 1 N–H and O–H groups in total. The Bertz CT molecular complexity index is 2030. The van der Waals surface area contributed by atoms with E-state index < -0.39 is 11.1 Å². The van der Waals surface area contributed by atoms with Gasteiger partial charge in [0.25, 0.3) is 5.91 Å². The van der Waals surface area contributed by atoms with Crippen LogP contribution in [0.3, 0.4) is 0 Å². The van der Waals surface area contributed by atoms with Gasteiger partial charge in [0.05, 0.1) is 58.7 Å². The lowest BCUT2D eigenvalue weighted by molar-refractivity contribution is -0.156. The topological polar surface area (TPSA) is 123 Å². The van der Waals surface area contributed by atoms with Crippen LogP contribution in [0, 0.1) is 0 Å². The lowest BCUT2D eigenvalue weighted by atomic mass is 9.90. The zero-order valence-corrected chi connectivity index (χ0v) is 37.1. The van der Waals surface area contributed by atoms with Crippen LogP contribution in [-0.2, 0) is 28.5 Å². The summed E-state index contributed by atoms with van der Waals surface area (Å²) >= 11 is 0. The van der Waals surface area contributed by atoms with Crippen molar-refractivity contribution in [3.05, 3.63) is 71.6 Å². The second kappa shape index (κ2) is 22.0. The summed E-state index contributed by atoms with van der Waals surface area (Å²) in [5, 5.41) is 4.95. The maximum absolute atomic E-state index is 14.7. The molecule has 2 aromatic rings. The second-order valence-corrected chi connectivity index (χ2v) is 16.4. The molecule has 0 aromatic heterocycles. The molecule has 4 rings (SSSR count). The fraction of sp³-hybridized carbons (Fsp3) is 0.532. The third-order valence-electron chi connectivity index (χ3n) is 9.63. The van der Waals surface area contributed by atoms with E-state index in [0.717, 1.165) is 70.6 Å². The quantitative estimate of drug-likeness (QED) is 0.0410. The summed E-state index contributed by atoms with van der Waals surface area (Å²) in [5.74, 6) is -0.124. The highest BCUT2D eigenvalue weighted by atomic mass is 16.6. The second-order valence-electron chi connectivity index (χ2n) is 16.4. The lowest BCUT2D eigenvalue weighted by Crippen LogP contribution is -2.48. The fourth-order valence-corrected chi connectivity index (χ4v) is 6.93. The molecule has 0 bridgehead atoms. The average molecular weight is 816 g/mol. The Hall–Kier alpha value is -4.78. The van der Waals surface area contributed by atoms with Crippen LogP contribution >= 0.6 is 0 Å². The first kappa shape index (κ1) is 46.9. The molecule has 1 heterocycles. The number of nitrogens with zero attached hydrogens (tertiary/aromatic N) is 3. The van der Waals surface area contributed by atoms with Gasteiger partial charge in [0.2, 0.25) is 11.3 Å². The molecule has 322 valence electrons. The van der Waals surface area contributed by atoms with E-state index in [4.69, 9.17) is 23.4 Å². The zero-order valence-electron chi connectivity index (χ0n) is 37.1. The number of esters is 1. The number of ether oxygens (including phenoxy) is 4. The summed E-state index contributed by atoms with van der Waals surface area (Å²) in [7, 11) is 0. The number of amides is 2. The van der Waals surface area contributed by atoms with Crippen LogP contribution in [0.5, 0.6) is 0 Å². The van der Waals surface area contributed by atoms with E-state index in [-0.39, 0.29) is 50.5 Å². The smallest absolute Gasteiger partial charge is 0.308 e. The number of fused-ring (bicyclic) bond motifs is 2. The van der Waals surface area contributed by atoms with E-state index in [1.807, 2.05) is 65.8 Å². The van der Waals surface area contributed by atoms with Crippen LogP contribution < -0.4 is 20.1 Å². The van der Waals surface area contributed by atoms with Gasteiger partial charge >= 0.3 is 5.97 Å². The Morgan fingerprint density at radius 1 is 0.746 bits per heavy atom. The summed E-state index contributed by atoms with van der Waals surface area (Å²) in [5.41, 5.74) is 3.78. The molecule has 0 atom stereocenters. The molecular formula is C47H67N4O8+. The predicted molar refractivity (Wildman–Crippen MR) is 235 cm³/mol. The van der Waals surface area contributed by atoms with E-state index in [0.29, 0.717) is 32.0 Å². The summed E-state index contributed by atoms with van der Waals surface area (Å²) in [6.07, 6.45) is 0.178. The van der Waals surface area contributed by atoms with Crippen LogP contribution in [0.1, 0.15) is 86.0 Å². The number of carbonyl (C=O) groups is 3. The highest BCUT2D eigenvalue weighted by molar-refractivity contribution is 6.10. The summed E-state index contributed by atoms with van der Waals surface area (Å²) in [6.45, 7) is 25.0. The van der Waals surface area contributed by atoms with Gasteiger partial charge in [-0.2, -0.15) is 0 Å². The highest BCUT2D eigenvalue weighted by Gasteiger charge is 2.27. The van der Waals surface area contributed by atoms with Gasteiger partial charge in [-0.05, 0) is 99.1 Å². The zero-order chi connectivity index (χ0) is 43.2.